The highest BCUT2D eigenvalue weighted by atomic mass is 35.5. The van der Waals surface area contributed by atoms with E-state index < -0.39 is 10.8 Å². The van der Waals surface area contributed by atoms with Crippen molar-refractivity contribution in [3.8, 4) is 0 Å². The van der Waals surface area contributed by atoms with E-state index in [0.29, 0.717) is 23.3 Å². The van der Waals surface area contributed by atoms with E-state index >= 15 is 0 Å². The molecule has 2 rings (SSSR count). The van der Waals surface area contributed by atoms with E-state index in [9.17, 15) is 4.21 Å². The van der Waals surface area contributed by atoms with Crippen molar-refractivity contribution in [2.75, 3.05) is 19.0 Å². The standard InChI is InChI=1S/C12H16ClNO2S/c13-10-1-3-11(4-2-10)17(15)8-12(14)9-5-6-16-7-9/h1-4,9,12H,5-8,14H2. The Labute approximate surface area is 109 Å². The topological polar surface area (TPSA) is 52.3 Å². The van der Waals surface area contributed by atoms with Crippen LogP contribution < -0.4 is 5.73 Å². The van der Waals surface area contributed by atoms with Crippen molar-refractivity contribution in [1.29, 1.82) is 0 Å². The fourth-order valence-corrected chi connectivity index (χ4v) is 3.26. The summed E-state index contributed by atoms with van der Waals surface area (Å²) in [5.74, 6) is 0.821. The Kier molecular flexibility index (Phi) is 4.56. The van der Waals surface area contributed by atoms with Crippen molar-refractivity contribution >= 4 is 22.4 Å². The molecule has 1 aliphatic heterocycles. The van der Waals surface area contributed by atoms with Crippen molar-refractivity contribution in [2.45, 2.75) is 17.4 Å². The maximum absolute atomic E-state index is 12.1. The lowest BCUT2D eigenvalue weighted by atomic mass is 10.0. The maximum Gasteiger partial charge on any atom is 0.0545 e. The molecule has 0 aromatic heterocycles. The summed E-state index contributed by atoms with van der Waals surface area (Å²) >= 11 is 5.79. The number of hydrogen-bond donors (Lipinski definition) is 1. The first-order valence-corrected chi connectivity index (χ1v) is 7.34. The first-order chi connectivity index (χ1) is 8.16. The summed E-state index contributed by atoms with van der Waals surface area (Å²) in [5.41, 5.74) is 6.05. The average molecular weight is 274 g/mol. The van der Waals surface area contributed by atoms with Crippen LogP contribution in [0.3, 0.4) is 0 Å². The second-order valence-corrected chi connectivity index (χ2v) is 6.19. The molecule has 0 aliphatic carbocycles. The van der Waals surface area contributed by atoms with Gasteiger partial charge in [-0.1, -0.05) is 11.6 Å². The van der Waals surface area contributed by atoms with Crippen molar-refractivity contribution in [3.05, 3.63) is 29.3 Å². The Morgan fingerprint density at radius 2 is 2.18 bits per heavy atom. The number of nitrogens with two attached hydrogens (primary N) is 1. The third-order valence-corrected chi connectivity index (χ3v) is 4.73. The molecule has 1 fully saturated rings. The number of ether oxygens (including phenoxy) is 1. The van der Waals surface area contributed by atoms with Gasteiger partial charge in [-0.05, 0) is 30.7 Å². The van der Waals surface area contributed by atoms with Gasteiger partial charge in [0.2, 0.25) is 0 Å². The lowest BCUT2D eigenvalue weighted by Crippen LogP contribution is -2.35. The smallest absolute Gasteiger partial charge is 0.0545 e. The predicted molar refractivity (Wildman–Crippen MR) is 69.6 cm³/mol. The molecule has 1 heterocycles. The molecule has 2 N–H and O–H groups in total. The number of benzene rings is 1. The van der Waals surface area contributed by atoms with Crippen LogP contribution >= 0.6 is 11.6 Å². The lowest BCUT2D eigenvalue weighted by molar-refractivity contribution is 0.182. The second-order valence-electron chi connectivity index (χ2n) is 4.25. The zero-order valence-corrected chi connectivity index (χ0v) is 11.0. The van der Waals surface area contributed by atoms with Crippen LogP contribution in [0.4, 0.5) is 0 Å². The molecular formula is C12H16ClNO2S. The quantitative estimate of drug-likeness (QED) is 0.910. The summed E-state index contributed by atoms with van der Waals surface area (Å²) in [6.45, 7) is 1.46. The van der Waals surface area contributed by atoms with Crippen LogP contribution in [-0.2, 0) is 15.5 Å². The van der Waals surface area contributed by atoms with Crippen LogP contribution in [0, 0.1) is 5.92 Å². The first-order valence-electron chi connectivity index (χ1n) is 5.64. The predicted octanol–water partition coefficient (Wildman–Crippen LogP) is 1.81. The van der Waals surface area contributed by atoms with Crippen molar-refractivity contribution in [1.82, 2.24) is 0 Å². The third-order valence-electron chi connectivity index (χ3n) is 2.99. The van der Waals surface area contributed by atoms with Crippen LogP contribution in [0.2, 0.25) is 5.02 Å². The van der Waals surface area contributed by atoms with Gasteiger partial charge in [0.1, 0.15) is 0 Å². The Morgan fingerprint density at radius 1 is 1.47 bits per heavy atom. The molecule has 94 valence electrons. The van der Waals surface area contributed by atoms with E-state index in [2.05, 4.69) is 0 Å². The highest BCUT2D eigenvalue weighted by Crippen LogP contribution is 2.18. The minimum absolute atomic E-state index is 0.0611. The molecule has 0 amide bonds. The molecule has 1 aromatic rings. The summed E-state index contributed by atoms with van der Waals surface area (Å²) in [6.07, 6.45) is 0.971. The molecule has 0 saturated carbocycles. The largest absolute Gasteiger partial charge is 0.381 e. The summed E-state index contributed by atoms with van der Waals surface area (Å²) in [6, 6.07) is 7.01. The maximum atomic E-state index is 12.1. The van der Waals surface area contributed by atoms with Gasteiger partial charge < -0.3 is 10.5 Å². The molecule has 3 nitrogen and oxygen atoms in total. The molecule has 17 heavy (non-hydrogen) atoms. The fourth-order valence-electron chi connectivity index (χ4n) is 1.88. The fraction of sp³-hybridized carbons (Fsp3) is 0.500. The average Bonchev–Trinajstić information content (AvgIpc) is 2.83. The number of hydrogen-bond acceptors (Lipinski definition) is 3. The molecule has 0 radical (unpaired) electrons. The van der Waals surface area contributed by atoms with Crippen molar-refractivity contribution in [2.24, 2.45) is 11.7 Å². The molecule has 3 atom stereocenters. The van der Waals surface area contributed by atoms with E-state index in [-0.39, 0.29) is 6.04 Å². The van der Waals surface area contributed by atoms with Gasteiger partial charge in [0.15, 0.2) is 0 Å². The zero-order valence-electron chi connectivity index (χ0n) is 9.47. The summed E-state index contributed by atoms with van der Waals surface area (Å²) in [5, 5.41) is 0.652. The van der Waals surface area contributed by atoms with Gasteiger partial charge in [-0.3, -0.25) is 4.21 Å². The molecule has 1 saturated heterocycles. The van der Waals surface area contributed by atoms with E-state index in [1.165, 1.54) is 0 Å². The van der Waals surface area contributed by atoms with Crippen LogP contribution in [0.1, 0.15) is 6.42 Å². The summed E-state index contributed by atoms with van der Waals surface area (Å²) in [7, 11) is -1.06. The van der Waals surface area contributed by atoms with Gasteiger partial charge in [-0.25, -0.2) is 0 Å². The van der Waals surface area contributed by atoms with E-state index in [1.54, 1.807) is 24.3 Å². The van der Waals surface area contributed by atoms with Gasteiger partial charge in [0, 0.05) is 34.2 Å². The second kappa shape index (κ2) is 5.96. The summed E-state index contributed by atoms with van der Waals surface area (Å²) < 4.78 is 17.4. The Balaban J connectivity index is 1.94. The van der Waals surface area contributed by atoms with Crippen LogP contribution in [-0.4, -0.2) is 29.2 Å². The number of rotatable bonds is 4. The molecule has 1 aromatic carbocycles. The summed E-state index contributed by atoms with van der Waals surface area (Å²) in [4.78, 5) is 0.781. The van der Waals surface area contributed by atoms with Gasteiger partial charge >= 0.3 is 0 Å². The van der Waals surface area contributed by atoms with E-state index in [1.807, 2.05) is 0 Å². The SMILES string of the molecule is NC(CS(=O)c1ccc(Cl)cc1)C1CCOC1. The Bertz CT molecular complexity index is 390. The minimum Gasteiger partial charge on any atom is -0.381 e. The van der Waals surface area contributed by atoms with E-state index in [4.69, 9.17) is 22.1 Å². The molecule has 0 bridgehead atoms. The molecule has 1 aliphatic rings. The third kappa shape index (κ3) is 3.52. The highest BCUT2D eigenvalue weighted by molar-refractivity contribution is 7.85. The van der Waals surface area contributed by atoms with Gasteiger partial charge in [0.25, 0.3) is 0 Å². The van der Waals surface area contributed by atoms with E-state index in [0.717, 1.165) is 17.9 Å². The first kappa shape index (κ1) is 13.0. The minimum atomic E-state index is -1.06. The molecule has 3 unspecified atom stereocenters. The molecule has 5 heteroatoms. The monoisotopic (exact) mass is 273 g/mol. The number of halogens is 1. The molecular weight excluding hydrogens is 258 g/mol. The van der Waals surface area contributed by atoms with Crippen molar-refractivity contribution in [3.63, 3.8) is 0 Å². The van der Waals surface area contributed by atoms with Gasteiger partial charge in [-0.15, -0.1) is 0 Å². The van der Waals surface area contributed by atoms with Crippen LogP contribution in [0.5, 0.6) is 0 Å². The van der Waals surface area contributed by atoms with Gasteiger partial charge in [0.05, 0.1) is 17.4 Å². The van der Waals surface area contributed by atoms with Gasteiger partial charge in [-0.2, -0.15) is 0 Å². The zero-order chi connectivity index (χ0) is 12.3. The normalized spacial score (nSPS) is 23.5. The van der Waals surface area contributed by atoms with Crippen molar-refractivity contribution < 1.29 is 8.95 Å². The van der Waals surface area contributed by atoms with Crippen LogP contribution in [0.15, 0.2) is 29.2 Å². The Hall–Kier alpha value is -0.420. The van der Waals surface area contributed by atoms with Crippen LogP contribution in [0.25, 0.3) is 0 Å². The Morgan fingerprint density at radius 3 is 2.76 bits per heavy atom. The lowest BCUT2D eigenvalue weighted by Gasteiger charge is -2.16. The molecule has 0 spiro atoms. The highest BCUT2D eigenvalue weighted by Gasteiger charge is 2.24.